The molecule has 5 nitrogen and oxygen atoms in total. The van der Waals surface area contributed by atoms with Gasteiger partial charge in [-0.05, 0) is 18.2 Å². The molecule has 18 heavy (non-hydrogen) atoms. The largest absolute Gasteiger partial charge is 0.464 e. The smallest absolute Gasteiger partial charge is 0.354 e. The van der Waals surface area contributed by atoms with Crippen LogP contribution < -0.4 is 0 Å². The molecule has 0 bridgehead atoms. The Balaban J connectivity index is 2.14. The lowest BCUT2D eigenvalue weighted by Gasteiger charge is -2.00. The summed E-state index contributed by atoms with van der Waals surface area (Å²) in [6.07, 6.45) is 1.69. The first kappa shape index (κ1) is 10.6. The molecule has 3 aromatic rings. The second-order valence-electron chi connectivity index (χ2n) is 3.87. The minimum absolute atomic E-state index is 0.384. The first-order chi connectivity index (χ1) is 8.79. The molecule has 5 heteroatoms. The summed E-state index contributed by atoms with van der Waals surface area (Å²) in [6, 6.07) is 11.5. The Hall–Kier alpha value is -2.56. The Bertz CT molecular complexity index is 697. The van der Waals surface area contributed by atoms with Gasteiger partial charge in [0.2, 0.25) is 0 Å². The summed E-state index contributed by atoms with van der Waals surface area (Å²) in [5.41, 5.74) is 3.03. The summed E-state index contributed by atoms with van der Waals surface area (Å²) in [5, 5.41) is 4.29. The van der Waals surface area contributed by atoms with Crippen molar-refractivity contribution in [2.45, 2.75) is 0 Å². The van der Waals surface area contributed by atoms with Crippen LogP contribution in [-0.4, -0.2) is 27.8 Å². The van der Waals surface area contributed by atoms with Gasteiger partial charge in [0.15, 0.2) is 0 Å². The number of ether oxygens (including phenoxy) is 1. The van der Waals surface area contributed by atoms with Crippen LogP contribution in [-0.2, 0) is 4.74 Å². The highest BCUT2D eigenvalue weighted by Gasteiger charge is 2.13. The van der Waals surface area contributed by atoms with Gasteiger partial charge in [0.25, 0.3) is 0 Å². The zero-order chi connectivity index (χ0) is 12.5. The van der Waals surface area contributed by atoms with Gasteiger partial charge in [-0.1, -0.05) is 18.2 Å². The van der Waals surface area contributed by atoms with Gasteiger partial charge < -0.3 is 9.72 Å². The maximum absolute atomic E-state index is 11.4. The molecule has 90 valence electrons. The molecule has 0 saturated heterocycles. The molecule has 2 heterocycles. The average Bonchev–Trinajstić information content (AvgIpc) is 2.98. The number of nitrogens with one attached hydrogen (secondary N) is 1. The van der Waals surface area contributed by atoms with Crippen molar-refractivity contribution >= 4 is 17.0 Å². The number of hydrogen-bond donors (Lipinski definition) is 1. The summed E-state index contributed by atoms with van der Waals surface area (Å²) >= 11 is 0. The maximum atomic E-state index is 11.4. The van der Waals surface area contributed by atoms with Crippen molar-refractivity contribution in [3.63, 3.8) is 0 Å². The van der Waals surface area contributed by atoms with Crippen LogP contribution in [0.4, 0.5) is 0 Å². The number of aromatic nitrogens is 3. The van der Waals surface area contributed by atoms with Crippen LogP contribution in [0.25, 0.3) is 16.7 Å². The summed E-state index contributed by atoms with van der Waals surface area (Å²) in [5.74, 6) is -0.384. The second-order valence-corrected chi connectivity index (χ2v) is 3.87. The van der Waals surface area contributed by atoms with Gasteiger partial charge in [0.05, 0.1) is 30.0 Å². The van der Waals surface area contributed by atoms with Crippen molar-refractivity contribution in [2.24, 2.45) is 0 Å². The van der Waals surface area contributed by atoms with Gasteiger partial charge in [-0.2, -0.15) is 5.10 Å². The lowest BCUT2D eigenvalue weighted by Crippen LogP contribution is -2.01. The molecule has 1 N–H and O–H groups in total. The van der Waals surface area contributed by atoms with Crippen molar-refractivity contribution in [3.8, 4) is 5.69 Å². The number of carbonyl (C=O) groups is 1. The number of rotatable bonds is 2. The third kappa shape index (κ3) is 1.57. The molecule has 0 atom stereocenters. The lowest BCUT2D eigenvalue weighted by molar-refractivity contribution is 0.0595. The first-order valence-corrected chi connectivity index (χ1v) is 5.50. The predicted octanol–water partition coefficient (Wildman–Crippen LogP) is 2.14. The topological polar surface area (TPSA) is 59.9 Å². The number of methoxy groups -OCH3 is 1. The van der Waals surface area contributed by atoms with E-state index < -0.39 is 0 Å². The van der Waals surface area contributed by atoms with Crippen molar-refractivity contribution in [2.75, 3.05) is 7.11 Å². The van der Waals surface area contributed by atoms with Crippen LogP contribution in [0.3, 0.4) is 0 Å². The van der Waals surface area contributed by atoms with Crippen LogP contribution in [0.5, 0.6) is 0 Å². The molecular weight excluding hydrogens is 230 g/mol. The number of esters is 1. The summed E-state index contributed by atoms with van der Waals surface area (Å²) in [6.45, 7) is 0. The monoisotopic (exact) mass is 241 g/mol. The van der Waals surface area contributed by atoms with E-state index in [0.29, 0.717) is 5.69 Å². The predicted molar refractivity (Wildman–Crippen MR) is 66.8 cm³/mol. The molecule has 3 rings (SSSR count). The Morgan fingerprint density at radius 1 is 1.33 bits per heavy atom. The molecule has 0 aliphatic heterocycles. The highest BCUT2D eigenvalue weighted by molar-refractivity contribution is 5.93. The number of H-pyrrole nitrogens is 1. The molecule has 0 aliphatic rings. The van der Waals surface area contributed by atoms with Gasteiger partial charge in [-0.3, -0.25) is 0 Å². The molecule has 0 radical (unpaired) electrons. The molecule has 2 aromatic heterocycles. The number of aromatic amines is 1. The molecular formula is C13H11N3O2. The van der Waals surface area contributed by atoms with E-state index in [4.69, 9.17) is 0 Å². The molecule has 0 unspecified atom stereocenters. The minimum atomic E-state index is -0.384. The third-order valence-corrected chi connectivity index (χ3v) is 2.76. The third-order valence-electron chi connectivity index (χ3n) is 2.76. The standard InChI is InChI=1S/C13H11N3O2/c1-18-13(17)10-7-12-11(15-10)8-14-16(12)9-5-3-2-4-6-9/h2-8,15H,1H3. The van der Waals surface area contributed by atoms with Gasteiger partial charge in [0, 0.05) is 0 Å². The fourth-order valence-corrected chi connectivity index (χ4v) is 1.91. The molecule has 0 amide bonds. The van der Waals surface area contributed by atoms with Gasteiger partial charge in [-0.25, -0.2) is 9.48 Å². The number of fused-ring (bicyclic) bond motifs is 1. The van der Waals surface area contributed by atoms with Gasteiger partial charge in [0.1, 0.15) is 5.69 Å². The van der Waals surface area contributed by atoms with E-state index in [9.17, 15) is 4.79 Å². The Morgan fingerprint density at radius 2 is 2.11 bits per heavy atom. The Kier molecular flexibility index (Phi) is 2.37. The normalized spacial score (nSPS) is 10.7. The van der Waals surface area contributed by atoms with E-state index in [1.54, 1.807) is 16.9 Å². The first-order valence-electron chi connectivity index (χ1n) is 5.50. The zero-order valence-corrected chi connectivity index (χ0v) is 9.75. The van der Waals surface area contributed by atoms with E-state index in [1.807, 2.05) is 30.3 Å². The van der Waals surface area contributed by atoms with Gasteiger partial charge in [-0.15, -0.1) is 0 Å². The molecule has 0 saturated carbocycles. The van der Waals surface area contributed by atoms with Crippen LogP contribution in [0.1, 0.15) is 10.5 Å². The number of para-hydroxylation sites is 1. The number of carbonyl (C=O) groups excluding carboxylic acids is 1. The van der Waals surface area contributed by atoms with E-state index >= 15 is 0 Å². The van der Waals surface area contributed by atoms with E-state index in [1.165, 1.54) is 7.11 Å². The average molecular weight is 241 g/mol. The summed E-state index contributed by atoms with van der Waals surface area (Å²) in [7, 11) is 1.36. The van der Waals surface area contributed by atoms with Crippen LogP contribution >= 0.6 is 0 Å². The fraction of sp³-hybridized carbons (Fsp3) is 0.0769. The highest BCUT2D eigenvalue weighted by Crippen LogP contribution is 2.19. The highest BCUT2D eigenvalue weighted by atomic mass is 16.5. The Labute approximate surface area is 103 Å². The van der Waals surface area contributed by atoms with Crippen molar-refractivity contribution in [1.29, 1.82) is 0 Å². The van der Waals surface area contributed by atoms with Crippen molar-refractivity contribution < 1.29 is 9.53 Å². The van der Waals surface area contributed by atoms with Crippen molar-refractivity contribution in [3.05, 3.63) is 48.3 Å². The molecule has 1 aromatic carbocycles. The van der Waals surface area contributed by atoms with E-state index in [0.717, 1.165) is 16.7 Å². The molecule has 0 fully saturated rings. The zero-order valence-electron chi connectivity index (χ0n) is 9.75. The van der Waals surface area contributed by atoms with Crippen LogP contribution in [0, 0.1) is 0 Å². The maximum Gasteiger partial charge on any atom is 0.354 e. The van der Waals surface area contributed by atoms with Gasteiger partial charge >= 0.3 is 5.97 Å². The summed E-state index contributed by atoms with van der Waals surface area (Å²) < 4.78 is 6.46. The number of nitrogens with zero attached hydrogens (tertiary/aromatic N) is 2. The van der Waals surface area contributed by atoms with Crippen LogP contribution in [0.2, 0.25) is 0 Å². The minimum Gasteiger partial charge on any atom is -0.464 e. The van der Waals surface area contributed by atoms with Crippen molar-refractivity contribution in [1.82, 2.24) is 14.8 Å². The number of benzene rings is 1. The molecule has 0 aliphatic carbocycles. The molecule has 0 spiro atoms. The van der Waals surface area contributed by atoms with E-state index in [-0.39, 0.29) is 5.97 Å². The lowest BCUT2D eigenvalue weighted by atomic mass is 10.3. The fourth-order valence-electron chi connectivity index (χ4n) is 1.91. The second kappa shape index (κ2) is 4.03. The Morgan fingerprint density at radius 3 is 2.83 bits per heavy atom. The number of hydrogen-bond acceptors (Lipinski definition) is 3. The summed E-state index contributed by atoms with van der Waals surface area (Å²) in [4.78, 5) is 14.4. The van der Waals surface area contributed by atoms with Crippen LogP contribution in [0.15, 0.2) is 42.6 Å². The SMILES string of the molecule is COC(=O)c1cc2c(cnn2-c2ccccc2)[nH]1. The van der Waals surface area contributed by atoms with E-state index in [2.05, 4.69) is 14.8 Å². The quantitative estimate of drug-likeness (QED) is 0.699.